The fourth-order valence-corrected chi connectivity index (χ4v) is 12.7. The smallest absolute Gasteiger partial charge is 0.462 e. The molecule has 0 aromatic heterocycles. The minimum absolute atomic E-state index is 0.0573. The van der Waals surface area contributed by atoms with Crippen LogP contribution in [-0.2, 0) is 32.7 Å². The van der Waals surface area contributed by atoms with Crippen LogP contribution in [0.1, 0.15) is 418 Å². The molecular weight excluding hydrogens is 1090 g/mol. The van der Waals surface area contributed by atoms with Crippen LogP contribution >= 0.6 is 7.82 Å². The molecule has 0 radical (unpaired) electrons. The van der Waals surface area contributed by atoms with Crippen LogP contribution in [-0.4, -0.2) is 49.3 Å². The quantitative estimate of drug-likeness (QED) is 0.0264. The number of allylic oxidation sites excluding steroid dienone is 4. The Balaban J connectivity index is 3.76. The number of carbonyl (C=O) groups excluding carboxylic acids is 2. The minimum atomic E-state index is -4.39. The van der Waals surface area contributed by atoms with Gasteiger partial charge in [0.15, 0.2) is 6.10 Å². The van der Waals surface area contributed by atoms with Crippen molar-refractivity contribution in [1.82, 2.24) is 0 Å². The van der Waals surface area contributed by atoms with Gasteiger partial charge in [0.1, 0.15) is 6.61 Å². The predicted molar refractivity (Wildman–Crippen MR) is 372 cm³/mol. The number of hydrogen-bond donors (Lipinski definition) is 2. The van der Waals surface area contributed by atoms with Gasteiger partial charge in [-0.25, -0.2) is 4.57 Å². The third-order valence-corrected chi connectivity index (χ3v) is 18.6. The number of rotatable bonds is 74. The monoisotopic (exact) mass is 1230 g/mol. The molecule has 0 aliphatic rings. The van der Waals surface area contributed by atoms with Crippen molar-refractivity contribution in [3.05, 3.63) is 24.3 Å². The topological polar surface area (TPSA) is 134 Å². The summed E-state index contributed by atoms with van der Waals surface area (Å²) in [7, 11) is -4.39. The summed E-state index contributed by atoms with van der Waals surface area (Å²) < 4.78 is 33.3. The van der Waals surface area contributed by atoms with Crippen LogP contribution in [0.5, 0.6) is 0 Å². The number of nitrogens with two attached hydrogens (primary N) is 1. The van der Waals surface area contributed by atoms with Crippen LogP contribution < -0.4 is 5.73 Å². The fourth-order valence-electron chi connectivity index (χ4n) is 11.9. The van der Waals surface area contributed by atoms with Gasteiger partial charge in [-0.3, -0.25) is 18.6 Å². The molecule has 86 heavy (non-hydrogen) atoms. The molecule has 0 amide bonds. The summed E-state index contributed by atoms with van der Waals surface area (Å²) >= 11 is 0. The van der Waals surface area contributed by atoms with Crippen molar-refractivity contribution in [3.63, 3.8) is 0 Å². The maximum Gasteiger partial charge on any atom is 0.472 e. The van der Waals surface area contributed by atoms with E-state index >= 15 is 0 Å². The summed E-state index contributed by atoms with van der Waals surface area (Å²) in [4.78, 5) is 35.4. The lowest BCUT2D eigenvalue weighted by Gasteiger charge is -2.19. The van der Waals surface area contributed by atoms with Gasteiger partial charge in [0.25, 0.3) is 0 Å². The van der Waals surface area contributed by atoms with Gasteiger partial charge in [-0.2, -0.15) is 0 Å². The van der Waals surface area contributed by atoms with Crippen LogP contribution in [0.3, 0.4) is 0 Å². The first-order valence-corrected chi connectivity index (χ1v) is 39.8. The van der Waals surface area contributed by atoms with Crippen LogP contribution in [0.4, 0.5) is 0 Å². The summed E-state index contributed by atoms with van der Waals surface area (Å²) in [6.45, 7) is 3.83. The first kappa shape index (κ1) is 84.5. The van der Waals surface area contributed by atoms with Gasteiger partial charge in [-0.05, 0) is 44.9 Å². The maximum absolute atomic E-state index is 12.8. The van der Waals surface area contributed by atoms with Crippen molar-refractivity contribution < 1.29 is 37.6 Å². The zero-order valence-corrected chi connectivity index (χ0v) is 58.5. The molecule has 0 spiro atoms. The highest BCUT2D eigenvalue weighted by atomic mass is 31.2. The number of unbranched alkanes of at least 4 members (excludes halogenated alkanes) is 57. The molecule has 2 atom stereocenters. The van der Waals surface area contributed by atoms with Gasteiger partial charge in [0.2, 0.25) is 0 Å². The first-order valence-electron chi connectivity index (χ1n) is 38.3. The molecule has 0 rings (SSSR count). The van der Waals surface area contributed by atoms with E-state index in [1.54, 1.807) is 0 Å². The first-order chi connectivity index (χ1) is 42.3. The van der Waals surface area contributed by atoms with Crippen molar-refractivity contribution in [2.24, 2.45) is 5.73 Å². The molecule has 2 unspecified atom stereocenters. The van der Waals surface area contributed by atoms with Crippen molar-refractivity contribution >= 4 is 19.8 Å². The van der Waals surface area contributed by atoms with E-state index in [-0.39, 0.29) is 38.6 Å². The summed E-state index contributed by atoms with van der Waals surface area (Å²) in [6.07, 6.45) is 90.2. The van der Waals surface area contributed by atoms with Crippen LogP contribution in [0.25, 0.3) is 0 Å². The van der Waals surface area contributed by atoms with Crippen molar-refractivity contribution in [1.29, 1.82) is 0 Å². The number of phosphoric ester groups is 1. The lowest BCUT2D eigenvalue weighted by Crippen LogP contribution is -2.29. The van der Waals surface area contributed by atoms with Gasteiger partial charge in [-0.15, -0.1) is 0 Å². The second-order valence-electron chi connectivity index (χ2n) is 26.2. The molecule has 510 valence electrons. The highest BCUT2D eigenvalue weighted by molar-refractivity contribution is 7.47. The van der Waals surface area contributed by atoms with E-state index in [2.05, 4.69) is 38.2 Å². The van der Waals surface area contributed by atoms with Gasteiger partial charge < -0.3 is 20.1 Å². The Kier molecular flexibility index (Phi) is 71.3. The Morgan fingerprint density at radius 1 is 0.349 bits per heavy atom. The molecule has 0 aromatic carbocycles. The van der Waals surface area contributed by atoms with Gasteiger partial charge in [0, 0.05) is 19.4 Å². The van der Waals surface area contributed by atoms with E-state index in [1.165, 1.54) is 347 Å². The largest absolute Gasteiger partial charge is 0.472 e. The van der Waals surface area contributed by atoms with Crippen LogP contribution in [0.15, 0.2) is 24.3 Å². The lowest BCUT2D eigenvalue weighted by atomic mass is 10.0. The third kappa shape index (κ3) is 71.6. The number of hydrogen-bond acceptors (Lipinski definition) is 8. The number of ether oxygens (including phenoxy) is 2. The summed E-state index contributed by atoms with van der Waals surface area (Å²) in [6, 6.07) is 0. The van der Waals surface area contributed by atoms with E-state index in [4.69, 9.17) is 24.3 Å². The van der Waals surface area contributed by atoms with E-state index in [0.29, 0.717) is 6.42 Å². The van der Waals surface area contributed by atoms with E-state index in [1.807, 2.05) is 0 Å². The second kappa shape index (κ2) is 72.6. The van der Waals surface area contributed by atoms with Gasteiger partial charge in [0.05, 0.1) is 13.2 Å². The van der Waals surface area contributed by atoms with Crippen LogP contribution in [0, 0.1) is 0 Å². The molecule has 3 N–H and O–H groups in total. The average molecular weight is 1230 g/mol. The number of esters is 2. The molecule has 0 saturated heterocycles. The highest BCUT2D eigenvalue weighted by Gasteiger charge is 2.26. The molecule has 0 saturated carbocycles. The molecule has 0 heterocycles. The Morgan fingerprint density at radius 3 is 0.884 bits per heavy atom. The predicted octanol–water partition coefficient (Wildman–Crippen LogP) is 25.3. The maximum atomic E-state index is 12.8. The molecule has 10 heteroatoms. The number of carbonyl (C=O) groups is 2. The molecule has 0 aliphatic heterocycles. The molecule has 9 nitrogen and oxygen atoms in total. The van der Waals surface area contributed by atoms with E-state index in [9.17, 15) is 19.0 Å². The fraction of sp³-hybridized carbons (Fsp3) is 0.921. The van der Waals surface area contributed by atoms with Gasteiger partial charge >= 0.3 is 19.8 Å². The Hall–Kier alpha value is -1.51. The molecular formula is C76H148NO8P. The Labute approximate surface area is 535 Å². The van der Waals surface area contributed by atoms with Crippen molar-refractivity contribution in [2.45, 2.75) is 424 Å². The van der Waals surface area contributed by atoms with Gasteiger partial charge in [-0.1, -0.05) is 385 Å². The zero-order valence-electron chi connectivity index (χ0n) is 57.6. The third-order valence-electron chi connectivity index (χ3n) is 17.6. The standard InChI is InChI=1S/C76H148NO8P/c1-3-5-7-9-11-13-15-17-19-21-23-25-27-29-31-33-35-37-39-41-43-45-47-49-51-53-55-57-59-61-63-65-67-69-76(79)85-74(73-84-86(80,81)83-71-70-77)72-82-75(78)68-66-64-62-60-58-56-54-52-50-48-46-44-42-40-38-36-34-32-30-28-26-24-22-20-18-16-14-12-10-8-6-4-2/h15,17,21,23,74H,3-14,16,18-20,22,24-73,77H2,1-2H3,(H,80,81)/b17-15-,23-21-. The molecule has 0 aromatic rings. The van der Waals surface area contributed by atoms with Crippen molar-refractivity contribution in [2.75, 3.05) is 26.4 Å². The van der Waals surface area contributed by atoms with E-state index < -0.39 is 26.5 Å². The summed E-state index contributed by atoms with van der Waals surface area (Å²) in [5, 5.41) is 0. The molecule has 0 fully saturated rings. The molecule has 0 bridgehead atoms. The normalized spacial score (nSPS) is 12.9. The average Bonchev–Trinajstić information content (AvgIpc) is 3.58. The highest BCUT2D eigenvalue weighted by Crippen LogP contribution is 2.43. The Morgan fingerprint density at radius 2 is 0.605 bits per heavy atom. The zero-order chi connectivity index (χ0) is 62.3. The van der Waals surface area contributed by atoms with Crippen molar-refractivity contribution in [3.8, 4) is 0 Å². The summed E-state index contributed by atoms with van der Waals surface area (Å²) in [5.41, 5.74) is 5.41. The molecule has 0 aliphatic carbocycles. The Bertz CT molecular complexity index is 1460. The van der Waals surface area contributed by atoms with Crippen LogP contribution in [0.2, 0.25) is 0 Å². The SMILES string of the molecule is CCCCCCC/C=C\C/C=C\CCCCCCCCCCCCCCCCCCCCCCCC(=O)OC(COC(=O)CCCCCCCCCCCCCCCCCCCCCCCCCCCCCCCCCC)COP(=O)(O)OCCN. The van der Waals surface area contributed by atoms with E-state index in [0.717, 1.165) is 38.5 Å². The summed E-state index contributed by atoms with van der Waals surface area (Å²) in [5.74, 6) is -0.799. The second-order valence-corrected chi connectivity index (χ2v) is 27.7. The lowest BCUT2D eigenvalue weighted by molar-refractivity contribution is -0.161. The minimum Gasteiger partial charge on any atom is -0.462 e. The number of phosphoric acid groups is 1.